The molecule has 3 heteroatoms. The summed E-state index contributed by atoms with van der Waals surface area (Å²) in [5.74, 6) is 1.14. The predicted octanol–water partition coefficient (Wildman–Crippen LogP) is 3.79. The first-order chi connectivity index (χ1) is 11.0. The van der Waals surface area contributed by atoms with Crippen LogP contribution in [0.3, 0.4) is 0 Å². The van der Waals surface area contributed by atoms with E-state index in [9.17, 15) is 0 Å². The molecule has 0 amide bonds. The minimum absolute atomic E-state index is 0.922. The fourth-order valence-electron chi connectivity index (χ4n) is 3.70. The van der Waals surface area contributed by atoms with Gasteiger partial charge in [-0.2, -0.15) is 0 Å². The van der Waals surface area contributed by atoms with Gasteiger partial charge in [0.25, 0.3) is 0 Å². The Hall–Kier alpha value is -2.42. The average Bonchev–Trinajstić information content (AvgIpc) is 3.04. The van der Waals surface area contributed by atoms with Crippen molar-refractivity contribution in [2.75, 3.05) is 0 Å². The second-order valence-corrected chi connectivity index (χ2v) is 6.71. The number of aromatic nitrogens is 3. The van der Waals surface area contributed by atoms with Crippen molar-refractivity contribution in [2.45, 2.75) is 34.1 Å². The Morgan fingerprint density at radius 3 is 2.57 bits per heavy atom. The molecule has 0 radical (unpaired) electrons. The maximum Gasteiger partial charge on any atom is 0.215 e. The number of pyridine rings is 1. The number of allylic oxidation sites excluding steroid dienone is 1. The summed E-state index contributed by atoms with van der Waals surface area (Å²) in [6.45, 7) is 8.71. The number of hydrogen-bond acceptors (Lipinski definition) is 1. The average molecular weight is 304 g/mol. The van der Waals surface area contributed by atoms with Crippen molar-refractivity contribution in [3.63, 3.8) is 0 Å². The lowest BCUT2D eigenvalue weighted by Crippen LogP contribution is -2.31. The number of imidazole rings is 1. The normalized spacial score (nSPS) is 13.1. The monoisotopic (exact) mass is 304 g/mol. The van der Waals surface area contributed by atoms with E-state index in [1.165, 1.54) is 39.0 Å². The molecular formula is C20H22N3+. The van der Waals surface area contributed by atoms with Crippen LogP contribution < -0.4 is 4.57 Å². The smallest absolute Gasteiger partial charge is 0.215 e. The Bertz CT molecular complexity index is 990. The Labute approximate surface area is 136 Å². The fourth-order valence-corrected chi connectivity index (χ4v) is 3.70. The highest BCUT2D eigenvalue weighted by atomic mass is 15.1. The number of nitrogens with zero attached hydrogens (tertiary/aromatic N) is 3. The molecule has 3 heterocycles. The summed E-state index contributed by atoms with van der Waals surface area (Å²) in [6.07, 6.45) is 7.46. The number of rotatable bonds is 1. The maximum atomic E-state index is 4.97. The third kappa shape index (κ3) is 1.96. The minimum Gasteiger partial charge on any atom is -0.303 e. The molecule has 0 fully saturated rings. The lowest BCUT2D eigenvalue weighted by molar-refractivity contribution is -0.660. The van der Waals surface area contributed by atoms with Gasteiger partial charge < -0.3 is 4.57 Å². The summed E-state index contributed by atoms with van der Waals surface area (Å²) in [4.78, 5) is 4.97. The molecule has 1 aromatic carbocycles. The Morgan fingerprint density at radius 1 is 1.00 bits per heavy atom. The third-order valence-corrected chi connectivity index (χ3v) is 4.98. The largest absolute Gasteiger partial charge is 0.303 e. The van der Waals surface area contributed by atoms with E-state index in [0.29, 0.717) is 0 Å². The highest BCUT2D eigenvalue weighted by molar-refractivity contribution is 5.96. The summed E-state index contributed by atoms with van der Waals surface area (Å²) in [6, 6.07) is 4.57. The van der Waals surface area contributed by atoms with Crippen LogP contribution >= 0.6 is 0 Å². The maximum absolute atomic E-state index is 4.97. The third-order valence-electron chi connectivity index (χ3n) is 4.98. The van der Waals surface area contributed by atoms with Crippen LogP contribution in [0.1, 0.15) is 28.1 Å². The van der Waals surface area contributed by atoms with Crippen LogP contribution in [0.5, 0.6) is 0 Å². The van der Waals surface area contributed by atoms with Crippen molar-refractivity contribution in [3.8, 4) is 11.3 Å². The van der Waals surface area contributed by atoms with Crippen LogP contribution in [0.4, 0.5) is 0 Å². The lowest BCUT2D eigenvalue weighted by Gasteiger charge is -2.10. The molecular weight excluding hydrogens is 282 g/mol. The number of benzene rings is 1. The van der Waals surface area contributed by atoms with Gasteiger partial charge >= 0.3 is 0 Å². The van der Waals surface area contributed by atoms with Crippen molar-refractivity contribution >= 4 is 17.2 Å². The first kappa shape index (κ1) is 14.2. The van der Waals surface area contributed by atoms with E-state index in [1.54, 1.807) is 0 Å². The van der Waals surface area contributed by atoms with E-state index in [1.807, 2.05) is 0 Å². The van der Waals surface area contributed by atoms with Gasteiger partial charge in [0.15, 0.2) is 6.20 Å². The van der Waals surface area contributed by atoms with Crippen LogP contribution in [0.25, 0.3) is 28.5 Å². The summed E-state index contributed by atoms with van der Waals surface area (Å²) < 4.78 is 4.47. The molecule has 0 unspecified atom stereocenters. The molecule has 1 aliphatic rings. The zero-order valence-corrected chi connectivity index (χ0v) is 14.4. The van der Waals surface area contributed by atoms with Gasteiger partial charge in [-0.1, -0.05) is 12.1 Å². The van der Waals surface area contributed by atoms with Crippen molar-refractivity contribution in [3.05, 3.63) is 52.5 Å². The second kappa shape index (κ2) is 4.79. The summed E-state index contributed by atoms with van der Waals surface area (Å²) in [5.41, 5.74) is 10.1. The van der Waals surface area contributed by atoms with Gasteiger partial charge in [0, 0.05) is 24.3 Å². The van der Waals surface area contributed by atoms with Gasteiger partial charge in [0.2, 0.25) is 5.69 Å². The molecule has 0 bridgehead atoms. The van der Waals surface area contributed by atoms with E-state index in [4.69, 9.17) is 4.98 Å². The van der Waals surface area contributed by atoms with Crippen LogP contribution in [0.15, 0.2) is 24.4 Å². The van der Waals surface area contributed by atoms with Gasteiger partial charge in [0.1, 0.15) is 18.4 Å². The van der Waals surface area contributed by atoms with Gasteiger partial charge in [0.05, 0.1) is 11.1 Å². The molecule has 116 valence electrons. The van der Waals surface area contributed by atoms with E-state index >= 15 is 0 Å². The predicted molar refractivity (Wildman–Crippen MR) is 94.3 cm³/mol. The quantitative estimate of drug-likeness (QED) is 0.627. The molecule has 0 spiro atoms. The Morgan fingerprint density at radius 2 is 1.78 bits per heavy atom. The van der Waals surface area contributed by atoms with E-state index in [-0.39, 0.29) is 0 Å². The molecule has 3 aromatic rings. The number of aryl methyl sites for hydroxylation is 5. The van der Waals surface area contributed by atoms with E-state index in [2.05, 4.69) is 74.5 Å². The van der Waals surface area contributed by atoms with Crippen LogP contribution in [0.2, 0.25) is 0 Å². The standard InChI is InChI=1S/C20H22N3/c1-12-10-16(22(5)11-15(12)4)18-13(2)9-14(3)20-19(18)21-17-7-6-8-23(17)20/h6,8-11H,7H2,1-5H3/q+1. The van der Waals surface area contributed by atoms with Gasteiger partial charge in [-0.05, 0) is 44.4 Å². The topological polar surface area (TPSA) is 21.7 Å². The molecule has 4 rings (SSSR count). The zero-order chi connectivity index (χ0) is 16.3. The zero-order valence-electron chi connectivity index (χ0n) is 14.4. The van der Waals surface area contributed by atoms with E-state index in [0.717, 1.165) is 17.8 Å². The number of hydrogen-bond donors (Lipinski definition) is 0. The van der Waals surface area contributed by atoms with Crippen molar-refractivity contribution < 1.29 is 4.57 Å². The van der Waals surface area contributed by atoms with Crippen LogP contribution in [-0.4, -0.2) is 9.55 Å². The molecule has 3 nitrogen and oxygen atoms in total. The first-order valence-electron chi connectivity index (χ1n) is 8.12. The summed E-state index contributed by atoms with van der Waals surface area (Å²) in [5, 5.41) is 0. The van der Waals surface area contributed by atoms with Crippen molar-refractivity contribution in [1.82, 2.24) is 9.55 Å². The molecule has 2 aromatic heterocycles. The molecule has 0 N–H and O–H groups in total. The number of fused-ring (bicyclic) bond motifs is 3. The van der Waals surface area contributed by atoms with Crippen molar-refractivity contribution in [2.24, 2.45) is 7.05 Å². The highest BCUT2D eigenvalue weighted by Gasteiger charge is 2.23. The Balaban J connectivity index is 2.13. The van der Waals surface area contributed by atoms with Gasteiger partial charge in [-0.3, -0.25) is 0 Å². The summed E-state index contributed by atoms with van der Waals surface area (Å²) in [7, 11) is 2.12. The SMILES string of the molecule is Cc1cc(-c2c(C)cc(C)c3c2nc2n3C=CC2)[n+](C)cc1C. The minimum atomic E-state index is 0.922. The molecule has 0 atom stereocenters. The highest BCUT2D eigenvalue weighted by Crippen LogP contribution is 2.34. The lowest BCUT2D eigenvalue weighted by atomic mass is 9.98. The molecule has 0 aliphatic carbocycles. The molecule has 1 aliphatic heterocycles. The van der Waals surface area contributed by atoms with Gasteiger partial charge in [-0.25, -0.2) is 9.55 Å². The van der Waals surface area contributed by atoms with Crippen LogP contribution in [0, 0.1) is 27.7 Å². The molecule has 0 saturated heterocycles. The molecule has 23 heavy (non-hydrogen) atoms. The summed E-state index contributed by atoms with van der Waals surface area (Å²) >= 11 is 0. The fraction of sp³-hybridized carbons (Fsp3) is 0.300. The van der Waals surface area contributed by atoms with E-state index < -0.39 is 0 Å². The van der Waals surface area contributed by atoms with Crippen molar-refractivity contribution in [1.29, 1.82) is 0 Å². The first-order valence-corrected chi connectivity index (χ1v) is 8.12. The Kier molecular flexibility index (Phi) is 2.95. The molecule has 0 saturated carbocycles. The second-order valence-electron chi connectivity index (χ2n) is 6.71. The van der Waals surface area contributed by atoms with Gasteiger partial charge in [-0.15, -0.1) is 0 Å². The van der Waals surface area contributed by atoms with Crippen LogP contribution in [-0.2, 0) is 13.5 Å².